The molecule has 4 heteroatoms. The molecule has 0 saturated heterocycles. The van der Waals surface area contributed by atoms with Gasteiger partial charge < -0.3 is 14.7 Å². The molecule has 0 atom stereocenters. The molecule has 0 aromatic heterocycles. The number of likely N-dealkylation sites (N-methyl/N-ethyl adjacent to an activating group) is 1. The van der Waals surface area contributed by atoms with Crippen LogP contribution in [0.4, 0.5) is 4.79 Å². The van der Waals surface area contributed by atoms with Crippen LogP contribution in [0.2, 0.25) is 0 Å². The molecule has 1 N–H and O–H groups in total. The Morgan fingerprint density at radius 2 is 2.05 bits per heavy atom. The van der Waals surface area contributed by atoms with Crippen LogP contribution in [0.3, 0.4) is 0 Å². The van der Waals surface area contributed by atoms with Gasteiger partial charge in [-0.3, -0.25) is 0 Å². The van der Waals surface area contributed by atoms with Crippen LogP contribution in [-0.4, -0.2) is 36.8 Å². The van der Waals surface area contributed by atoms with Crippen LogP contribution in [0.5, 0.6) is 5.75 Å². The summed E-state index contributed by atoms with van der Waals surface area (Å²) in [6, 6.07) is 4.17. The standard InChI is InChI=1S/C15H23NO3/c1-10(2)13-9-12(6-7-16(4)15(17)18)11(3)8-14(13)19-5/h8-10H,6-7H2,1-5H3,(H,17,18). The van der Waals surface area contributed by atoms with E-state index in [4.69, 9.17) is 9.84 Å². The first-order valence-electron chi connectivity index (χ1n) is 6.48. The first kappa shape index (κ1) is 15.3. The van der Waals surface area contributed by atoms with Gasteiger partial charge in [-0.15, -0.1) is 0 Å². The highest BCUT2D eigenvalue weighted by Gasteiger charge is 2.12. The number of nitrogens with zero attached hydrogens (tertiary/aromatic N) is 1. The molecule has 1 rings (SSSR count). The van der Waals surface area contributed by atoms with Gasteiger partial charge in [0.05, 0.1) is 7.11 Å². The van der Waals surface area contributed by atoms with E-state index in [1.807, 2.05) is 13.0 Å². The topological polar surface area (TPSA) is 49.8 Å². The average molecular weight is 265 g/mol. The number of carboxylic acid groups (broad SMARTS) is 1. The second kappa shape index (κ2) is 6.45. The van der Waals surface area contributed by atoms with Crippen LogP contribution in [0.25, 0.3) is 0 Å². The molecule has 0 aliphatic carbocycles. The molecular weight excluding hydrogens is 242 g/mol. The Labute approximate surface area is 115 Å². The van der Waals surface area contributed by atoms with E-state index in [-0.39, 0.29) is 0 Å². The van der Waals surface area contributed by atoms with Gasteiger partial charge >= 0.3 is 6.09 Å². The lowest BCUT2D eigenvalue weighted by atomic mass is 9.95. The molecule has 1 aromatic rings. The number of rotatable bonds is 5. The average Bonchev–Trinajstić information content (AvgIpc) is 2.35. The fraction of sp³-hybridized carbons (Fsp3) is 0.533. The van der Waals surface area contributed by atoms with Crippen molar-refractivity contribution in [1.29, 1.82) is 0 Å². The SMILES string of the molecule is COc1cc(C)c(CCN(C)C(=O)O)cc1C(C)C. The van der Waals surface area contributed by atoms with E-state index >= 15 is 0 Å². The van der Waals surface area contributed by atoms with E-state index in [0.29, 0.717) is 12.5 Å². The molecule has 0 bridgehead atoms. The zero-order chi connectivity index (χ0) is 14.6. The van der Waals surface area contributed by atoms with Gasteiger partial charge in [-0.25, -0.2) is 4.79 Å². The van der Waals surface area contributed by atoms with Crippen molar-refractivity contribution >= 4 is 6.09 Å². The molecular formula is C15H23NO3. The summed E-state index contributed by atoms with van der Waals surface area (Å²) in [7, 11) is 3.27. The van der Waals surface area contributed by atoms with Crippen molar-refractivity contribution in [2.75, 3.05) is 20.7 Å². The number of aryl methyl sites for hydroxylation is 1. The monoisotopic (exact) mass is 265 g/mol. The molecule has 0 radical (unpaired) electrons. The zero-order valence-corrected chi connectivity index (χ0v) is 12.4. The maximum Gasteiger partial charge on any atom is 0.407 e. The first-order valence-corrected chi connectivity index (χ1v) is 6.48. The van der Waals surface area contributed by atoms with Crippen molar-refractivity contribution in [3.63, 3.8) is 0 Å². The molecule has 106 valence electrons. The fourth-order valence-electron chi connectivity index (χ4n) is 2.03. The summed E-state index contributed by atoms with van der Waals surface area (Å²) in [5, 5.41) is 8.86. The van der Waals surface area contributed by atoms with Crippen molar-refractivity contribution in [3.8, 4) is 5.75 Å². The summed E-state index contributed by atoms with van der Waals surface area (Å²) >= 11 is 0. The second-order valence-electron chi connectivity index (χ2n) is 5.13. The van der Waals surface area contributed by atoms with Gasteiger partial charge in [0.2, 0.25) is 0 Å². The third kappa shape index (κ3) is 3.88. The van der Waals surface area contributed by atoms with E-state index < -0.39 is 6.09 Å². The van der Waals surface area contributed by atoms with Crippen molar-refractivity contribution in [2.24, 2.45) is 0 Å². The summed E-state index contributed by atoms with van der Waals surface area (Å²) in [4.78, 5) is 12.1. The minimum Gasteiger partial charge on any atom is -0.496 e. The van der Waals surface area contributed by atoms with E-state index in [1.165, 1.54) is 16.0 Å². The predicted molar refractivity (Wildman–Crippen MR) is 76.2 cm³/mol. The van der Waals surface area contributed by atoms with Crippen LogP contribution >= 0.6 is 0 Å². The zero-order valence-electron chi connectivity index (χ0n) is 12.4. The first-order chi connectivity index (χ1) is 8.86. The van der Waals surface area contributed by atoms with Crippen LogP contribution in [0.1, 0.15) is 36.5 Å². The Hall–Kier alpha value is -1.71. The van der Waals surface area contributed by atoms with Crippen LogP contribution in [-0.2, 0) is 6.42 Å². The van der Waals surface area contributed by atoms with Crippen molar-refractivity contribution in [1.82, 2.24) is 4.90 Å². The smallest absolute Gasteiger partial charge is 0.407 e. The summed E-state index contributed by atoms with van der Waals surface area (Å²) in [6.45, 7) is 6.78. The van der Waals surface area contributed by atoms with E-state index in [1.54, 1.807) is 14.2 Å². The molecule has 19 heavy (non-hydrogen) atoms. The molecule has 4 nitrogen and oxygen atoms in total. The highest BCUT2D eigenvalue weighted by molar-refractivity contribution is 5.64. The van der Waals surface area contributed by atoms with Gasteiger partial charge in [-0.2, -0.15) is 0 Å². The number of methoxy groups -OCH3 is 1. The molecule has 0 fully saturated rings. The largest absolute Gasteiger partial charge is 0.496 e. The van der Waals surface area contributed by atoms with E-state index in [2.05, 4.69) is 19.9 Å². The van der Waals surface area contributed by atoms with Crippen molar-refractivity contribution in [3.05, 3.63) is 28.8 Å². The Morgan fingerprint density at radius 3 is 2.53 bits per heavy atom. The number of ether oxygens (including phenoxy) is 1. The number of carbonyl (C=O) groups is 1. The van der Waals surface area contributed by atoms with Gasteiger partial charge in [0.25, 0.3) is 0 Å². The minimum atomic E-state index is -0.893. The number of hydrogen-bond donors (Lipinski definition) is 1. The van der Waals surface area contributed by atoms with E-state index in [9.17, 15) is 4.79 Å². The minimum absolute atomic E-state index is 0.381. The van der Waals surface area contributed by atoms with Crippen LogP contribution in [0, 0.1) is 6.92 Å². The molecule has 0 aliphatic heterocycles. The van der Waals surface area contributed by atoms with Crippen molar-refractivity contribution < 1.29 is 14.6 Å². The molecule has 1 aromatic carbocycles. The second-order valence-corrected chi connectivity index (χ2v) is 5.13. The van der Waals surface area contributed by atoms with E-state index in [0.717, 1.165) is 17.7 Å². The van der Waals surface area contributed by atoms with Crippen LogP contribution < -0.4 is 4.74 Å². The Kier molecular flexibility index (Phi) is 5.21. The summed E-state index contributed by atoms with van der Waals surface area (Å²) in [5.74, 6) is 1.29. The Morgan fingerprint density at radius 1 is 1.42 bits per heavy atom. The van der Waals surface area contributed by atoms with Crippen molar-refractivity contribution in [2.45, 2.75) is 33.1 Å². The highest BCUT2D eigenvalue weighted by atomic mass is 16.5. The number of benzene rings is 1. The molecule has 0 unspecified atom stereocenters. The predicted octanol–water partition coefficient (Wildman–Crippen LogP) is 3.28. The lowest BCUT2D eigenvalue weighted by Crippen LogP contribution is -2.27. The van der Waals surface area contributed by atoms with Gasteiger partial charge in [-0.05, 0) is 42.0 Å². The molecule has 1 amide bonds. The van der Waals surface area contributed by atoms with Gasteiger partial charge in [0.1, 0.15) is 5.75 Å². The normalized spacial score (nSPS) is 10.6. The molecule has 0 saturated carbocycles. The number of amides is 1. The Bertz CT molecular complexity index is 455. The quantitative estimate of drug-likeness (QED) is 0.888. The Balaban J connectivity index is 2.95. The maximum atomic E-state index is 10.8. The maximum absolute atomic E-state index is 10.8. The molecule has 0 spiro atoms. The van der Waals surface area contributed by atoms with Gasteiger partial charge in [0, 0.05) is 13.6 Å². The third-order valence-corrected chi connectivity index (χ3v) is 3.35. The third-order valence-electron chi connectivity index (χ3n) is 3.35. The lowest BCUT2D eigenvalue weighted by molar-refractivity contribution is 0.156. The fourth-order valence-corrected chi connectivity index (χ4v) is 2.03. The summed E-state index contributed by atoms with van der Waals surface area (Å²) in [5.41, 5.74) is 3.48. The lowest BCUT2D eigenvalue weighted by Gasteiger charge is -2.18. The summed E-state index contributed by atoms with van der Waals surface area (Å²) < 4.78 is 5.40. The van der Waals surface area contributed by atoms with Gasteiger partial charge in [0.15, 0.2) is 0 Å². The molecule has 0 aliphatic rings. The van der Waals surface area contributed by atoms with Crippen LogP contribution in [0.15, 0.2) is 12.1 Å². The number of hydrogen-bond acceptors (Lipinski definition) is 2. The van der Waals surface area contributed by atoms with Gasteiger partial charge in [-0.1, -0.05) is 19.9 Å². The summed E-state index contributed by atoms with van der Waals surface area (Å²) in [6.07, 6.45) is -0.173. The highest BCUT2D eigenvalue weighted by Crippen LogP contribution is 2.29. The molecule has 0 heterocycles.